The van der Waals surface area contributed by atoms with Crippen molar-refractivity contribution in [1.82, 2.24) is 9.80 Å². The van der Waals surface area contributed by atoms with Crippen LogP contribution in [0.5, 0.6) is 0 Å². The van der Waals surface area contributed by atoms with Crippen molar-refractivity contribution in [1.29, 1.82) is 0 Å². The second-order valence-electron chi connectivity index (χ2n) is 14.3. The first kappa shape index (κ1) is 43.8. The number of likely N-dealkylation sites (tertiary alicyclic amines) is 1. The molecule has 1 saturated heterocycles. The Morgan fingerprint density at radius 1 is 0.574 bits per heavy atom. The minimum atomic E-state index is -0.0733. The van der Waals surface area contributed by atoms with Crippen molar-refractivity contribution in [3.05, 3.63) is 0 Å². The molecule has 0 unspecified atom stereocenters. The predicted molar refractivity (Wildman–Crippen MR) is 199 cm³/mol. The van der Waals surface area contributed by atoms with Crippen LogP contribution in [0.1, 0.15) is 187 Å². The molecule has 0 aliphatic carbocycles. The Morgan fingerprint density at radius 3 is 1.30 bits per heavy atom. The number of unbranched alkanes of at least 4 members (excludes halogenated alkanes) is 20. The van der Waals surface area contributed by atoms with Gasteiger partial charge in [-0.15, -0.1) is 0 Å². The SMILES string of the molecule is CCCCCCCCCCCCCC(=O)OCCN(CCOC(=O)CCCCCCCCCCCCC)C1CCN(CCCN)CC1. The van der Waals surface area contributed by atoms with Crippen LogP contribution in [0.2, 0.25) is 0 Å². The molecule has 1 aliphatic heterocycles. The normalized spacial score (nSPS) is 14.2. The molecule has 0 saturated carbocycles. The molecule has 47 heavy (non-hydrogen) atoms. The van der Waals surface area contributed by atoms with Crippen LogP contribution < -0.4 is 5.73 Å². The summed E-state index contributed by atoms with van der Waals surface area (Å²) in [6.07, 6.45) is 32.4. The fourth-order valence-corrected chi connectivity index (χ4v) is 6.86. The zero-order valence-electron chi connectivity index (χ0n) is 31.4. The third kappa shape index (κ3) is 27.3. The van der Waals surface area contributed by atoms with Gasteiger partial charge in [0, 0.05) is 32.0 Å². The van der Waals surface area contributed by atoms with E-state index in [0.29, 0.717) is 45.2 Å². The lowest BCUT2D eigenvalue weighted by Gasteiger charge is -2.38. The number of ether oxygens (including phenoxy) is 2. The van der Waals surface area contributed by atoms with Gasteiger partial charge in [-0.05, 0) is 58.3 Å². The smallest absolute Gasteiger partial charge is 0.305 e. The lowest BCUT2D eigenvalue weighted by Crippen LogP contribution is -2.47. The molecule has 1 fully saturated rings. The average molecular weight is 666 g/mol. The van der Waals surface area contributed by atoms with E-state index in [0.717, 1.165) is 71.1 Å². The van der Waals surface area contributed by atoms with E-state index < -0.39 is 0 Å². The quantitative estimate of drug-likeness (QED) is 0.0541. The van der Waals surface area contributed by atoms with E-state index in [-0.39, 0.29) is 11.9 Å². The van der Waals surface area contributed by atoms with E-state index in [2.05, 4.69) is 23.6 Å². The van der Waals surface area contributed by atoms with Gasteiger partial charge in [-0.25, -0.2) is 0 Å². The van der Waals surface area contributed by atoms with Crippen LogP contribution in [-0.4, -0.2) is 80.3 Å². The second kappa shape index (κ2) is 33.3. The van der Waals surface area contributed by atoms with Gasteiger partial charge in [0.25, 0.3) is 0 Å². The maximum Gasteiger partial charge on any atom is 0.305 e. The molecule has 0 atom stereocenters. The predicted octanol–water partition coefficient (Wildman–Crippen LogP) is 9.59. The number of carbonyl (C=O) groups excluding carboxylic acids is 2. The van der Waals surface area contributed by atoms with Crippen LogP contribution >= 0.6 is 0 Å². The third-order valence-electron chi connectivity index (χ3n) is 10.0. The van der Waals surface area contributed by atoms with E-state index in [1.807, 2.05) is 0 Å². The van der Waals surface area contributed by atoms with E-state index >= 15 is 0 Å². The van der Waals surface area contributed by atoms with E-state index in [1.54, 1.807) is 0 Å². The van der Waals surface area contributed by atoms with Crippen molar-refractivity contribution in [2.75, 3.05) is 52.5 Å². The van der Waals surface area contributed by atoms with Gasteiger partial charge in [0.1, 0.15) is 13.2 Å². The summed E-state index contributed by atoms with van der Waals surface area (Å²) in [4.78, 5) is 29.8. The van der Waals surface area contributed by atoms with Crippen molar-refractivity contribution in [3.8, 4) is 0 Å². The van der Waals surface area contributed by atoms with Crippen LogP contribution in [-0.2, 0) is 19.1 Å². The monoisotopic (exact) mass is 666 g/mol. The fourth-order valence-electron chi connectivity index (χ4n) is 6.86. The number of carbonyl (C=O) groups is 2. The van der Waals surface area contributed by atoms with Crippen LogP contribution in [0.4, 0.5) is 0 Å². The number of hydrogen-bond acceptors (Lipinski definition) is 7. The molecule has 0 radical (unpaired) electrons. The maximum atomic E-state index is 12.4. The summed E-state index contributed by atoms with van der Waals surface area (Å²) in [6, 6.07) is 0.430. The highest BCUT2D eigenvalue weighted by Crippen LogP contribution is 2.18. The zero-order chi connectivity index (χ0) is 34.0. The summed E-state index contributed by atoms with van der Waals surface area (Å²) in [7, 11) is 0. The summed E-state index contributed by atoms with van der Waals surface area (Å²) < 4.78 is 11.3. The molecular weight excluding hydrogens is 586 g/mol. The van der Waals surface area contributed by atoms with Gasteiger partial charge < -0.3 is 20.1 Å². The van der Waals surface area contributed by atoms with Crippen molar-refractivity contribution >= 4 is 11.9 Å². The van der Waals surface area contributed by atoms with E-state index in [4.69, 9.17) is 15.2 Å². The maximum absolute atomic E-state index is 12.4. The van der Waals surface area contributed by atoms with E-state index in [9.17, 15) is 9.59 Å². The molecule has 278 valence electrons. The first-order valence-corrected chi connectivity index (χ1v) is 20.6. The summed E-state index contributed by atoms with van der Waals surface area (Å²) in [5.41, 5.74) is 5.72. The molecular formula is C40H79N3O4. The molecule has 0 spiro atoms. The Hall–Kier alpha value is -1.18. The number of piperidine rings is 1. The van der Waals surface area contributed by atoms with Crippen molar-refractivity contribution in [3.63, 3.8) is 0 Å². The Balaban J connectivity index is 2.23. The molecule has 0 amide bonds. The van der Waals surface area contributed by atoms with Crippen LogP contribution in [0.3, 0.4) is 0 Å². The number of nitrogens with zero attached hydrogens (tertiary/aromatic N) is 2. The topological polar surface area (TPSA) is 85.1 Å². The Kier molecular flexibility index (Phi) is 31.1. The highest BCUT2D eigenvalue weighted by molar-refractivity contribution is 5.69. The summed E-state index contributed by atoms with van der Waals surface area (Å²) in [5, 5.41) is 0. The van der Waals surface area contributed by atoms with Crippen molar-refractivity contribution < 1.29 is 19.1 Å². The van der Waals surface area contributed by atoms with Crippen LogP contribution in [0, 0.1) is 0 Å². The van der Waals surface area contributed by atoms with Gasteiger partial charge in [-0.3, -0.25) is 14.5 Å². The van der Waals surface area contributed by atoms with Gasteiger partial charge in [0.15, 0.2) is 0 Å². The number of esters is 2. The molecule has 7 nitrogen and oxygen atoms in total. The molecule has 7 heteroatoms. The van der Waals surface area contributed by atoms with Gasteiger partial charge >= 0.3 is 11.9 Å². The lowest BCUT2D eigenvalue weighted by atomic mass is 10.0. The molecule has 0 aromatic carbocycles. The summed E-state index contributed by atoms with van der Waals surface area (Å²) >= 11 is 0. The number of nitrogens with two attached hydrogens (primary N) is 1. The Bertz CT molecular complexity index is 655. The first-order chi connectivity index (χ1) is 23.1. The summed E-state index contributed by atoms with van der Waals surface area (Å²) in [5.74, 6) is -0.147. The zero-order valence-corrected chi connectivity index (χ0v) is 31.4. The first-order valence-electron chi connectivity index (χ1n) is 20.6. The van der Waals surface area contributed by atoms with Gasteiger partial charge in [-0.1, -0.05) is 142 Å². The molecule has 0 aromatic rings. The largest absolute Gasteiger partial charge is 0.464 e. The number of rotatable bonds is 34. The second-order valence-corrected chi connectivity index (χ2v) is 14.3. The van der Waals surface area contributed by atoms with Crippen molar-refractivity contribution in [2.45, 2.75) is 193 Å². The van der Waals surface area contributed by atoms with Crippen molar-refractivity contribution in [2.24, 2.45) is 5.73 Å². The summed E-state index contributed by atoms with van der Waals surface area (Å²) in [6.45, 7) is 10.7. The van der Waals surface area contributed by atoms with Crippen LogP contribution in [0.25, 0.3) is 0 Å². The molecule has 0 aromatic heterocycles. The Labute approximate surface area is 291 Å². The molecule has 0 bridgehead atoms. The van der Waals surface area contributed by atoms with Gasteiger partial charge in [-0.2, -0.15) is 0 Å². The average Bonchev–Trinajstić information content (AvgIpc) is 3.08. The Morgan fingerprint density at radius 2 is 0.936 bits per heavy atom. The van der Waals surface area contributed by atoms with Crippen LogP contribution in [0.15, 0.2) is 0 Å². The minimum absolute atomic E-state index is 0.0733. The number of hydrogen-bond donors (Lipinski definition) is 1. The molecule has 2 N–H and O–H groups in total. The fraction of sp³-hybridized carbons (Fsp3) is 0.950. The minimum Gasteiger partial charge on any atom is -0.464 e. The highest BCUT2D eigenvalue weighted by atomic mass is 16.5. The molecule has 1 rings (SSSR count). The third-order valence-corrected chi connectivity index (χ3v) is 10.0. The molecule has 1 heterocycles. The molecule has 1 aliphatic rings. The standard InChI is InChI=1S/C40H79N3O4/c1-3-5-7-9-11-13-15-17-19-21-23-26-39(44)46-36-34-43(38-28-32-42(33-29-38)31-25-30-41)35-37-47-40(45)27-24-22-20-18-16-14-12-10-8-6-4-2/h38H,3-37,41H2,1-2H3. The highest BCUT2D eigenvalue weighted by Gasteiger charge is 2.24. The van der Waals surface area contributed by atoms with Gasteiger partial charge in [0.05, 0.1) is 0 Å². The van der Waals surface area contributed by atoms with Gasteiger partial charge in [0.2, 0.25) is 0 Å². The van der Waals surface area contributed by atoms with E-state index in [1.165, 1.54) is 116 Å². The lowest BCUT2D eigenvalue weighted by molar-refractivity contribution is -0.145.